The second kappa shape index (κ2) is 5.00. The quantitative estimate of drug-likeness (QED) is 0.382. The average Bonchev–Trinajstić information content (AvgIpc) is 2.12. The van der Waals surface area contributed by atoms with Crippen LogP contribution in [0, 0.1) is 0 Å². The van der Waals surface area contributed by atoms with Crippen LogP contribution in [-0.2, 0) is 4.74 Å². The maximum Gasteiger partial charge on any atom is 0.112 e. The zero-order chi connectivity index (χ0) is 8.44. The van der Waals surface area contributed by atoms with Gasteiger partial charge in [-0.05, 0) is 6.58 Å². The van der Waals surface area contributed by atoms with Gasteiger partial charge in [-0.1, -0.05) is 0 Å². The highest BCUT2D eigenvalue weighted by atomic mass is 127. The number of rotatable bonds is 0. The minimum absolute atomic E-state index is 0. The fourth-order valence-electron chi connectivity index (χ4n) is 1.96. The van der Waals surface area contributed by atoms with E-state index in [0.29, 0.717) is 0 Å². The van der Waals surface area contributed by atoms with E-state index in [1.807, 2.05) is 11.8 Å². The molecule has 2 nitrogen and oxygen atoms in total. The molecule has 2 heterocycles. The Morgan fingerprint density at radius 1 is 1.23 bits per heavy atom. The lowest BCUT2D eigenvalue weighted by Crippen LogP contribution is -3.00. The molecule has 2 aliphatic rings. The van der Waals surface area contributed by atoms with Gasteiger partial charge in [0.05, 0.1) is 25.5 Å². The Balaban J connectivity index is 0.000000845. The van der Waals surface area contributed by atoms with E-state index >= 15 is 0 Å². The highest BCUT2D eigenvalue weighted by Crippen LogP contribution is 2.27. The molecule has 0 aromatic rings. The van der Waals surface area contributed by atoms with Crippen LogP contribution in [0.25, 0.3) is 0 Å². The highest BCUT2D eigenvalue weighted by Gasteiger charge is 2.35. The van der Waals surface area contributed by atoms with E-state index in [1.165, 1.54) is 18.0 Å². The molecule has 2 aliphatic heterocycles. The Hall–Kier alpha value is 0.740. The molecule has 2 saturated heterocycles. The van der Waals surface area contributed by atoms with Crippen LogP contribution in [0.2, 0.25) is 0 Å². The minimum atomic E-state index is 0. The van der Waals surface area contributed by atoms with E-state index in [1.54, 1.807) is 0 Å². The van der Waals surface area contributed by atoms with Gasteiger partial charge in [-0.3, -0.25) is 4.48 Å². The van der Waals surface area contributed by atoms with Crippen LogP contribution in [0.15, 0.2) is 12.3 Å². The molecule has 2 fully saturated rings. The third-order valence-corrected chi connectivity index (χ3v) is 3.94. The van der Waals surface area contributed by atoms with Gasteiger partial charge in [0.25, 0.3) is 0 Å². The van der Waals surface area contributed by atoms with Crippen LogP contribution in [0.4, 0.5) is 0 Å². The molecule has 4 heteroatoms. The van der Waals surface area contributed by atoms with E-state index in [4.69, 9.17) is 4.74 Å². The largest absolute Gasteiger partial charge is 1.00 e. The maximum atomic E-state index is 5.38. The van der Waals surface area contributed by atoms with E-state index in [0.717, 1.165) is 36.5 Å². The topological polar surface area (TPSA) is 9.23 Å². The lowest BCUT2D eigenvalue weighted by molar-refractivity contribution is -0.897. The van der Waals surface area contributed by atoms with E-state index in [2.05, 4.69) is 6.58 Å². The van der Waals surface area contributed by atoms with Crippen molar-refractivity contribution in [1.82, 2.24) is 0 Å². The number of hydrogen-bond acceptors (Lipinski definition) is 2. The molecule has 0 bridgehead atoms. The fraction of sp³-hybridized carbons (Fsp3) is 0.778. The van der Waals surface area contributed by atoms with Crippen LogP contribution in [0.3, 0.4) is 0 Å². The van der Waals surface area contributed by atoms with Crippen molar-refractivity contribution in [2.75, 3.05) is 44.4 Å². The molecule has 0 saturated carbocycles. The molecule has 1 spiro atoms. The lowest BCUT2D eigenvalue weighted by atomic mass is 10.2. The summed E-state index contributed by atoms with van der Waals surface area (Å²) in [6, 6.07) is 0. The summed E-state index contributed by atoms with van der Waals surface area (Å²) < 4.78 is 6.53. The summed E-state index contributed by atoms with van der Waals surface area (Å²) in [6.45, 7) is 9.60. The Morgan fingerprint density at radius 2 is 1.92 bits per heavy atom. The predicted molar refractivity (Wildman–Crippen MR) is 52.1 cm³/mol. The summed E-state index contributed by atoms with van der Waals surface area (Å²) in [7, 11) is 0. The standard InChI is InChI=1S/C9H16NOS.HI/c1-9-8-12-7-4-10(9)2-5-11-6-3-10;/h1-8H2;1H/q+1;/p-1. The monoisotopic (exact) mass is 313 g/mol. The molecule has 13 heavy (non-hydrogen) atoms. The van der Waals surface area contributed by atoms with Crippen molar-refractivity contribution in [1.29, 1.82) is 0 Å². The van der Waals surface area contributed by atoms with Crippen LogP contribution in [-0.4, -0.2) is 48.8 Å². The smallest absolute Gasteiger partial charge is 0.112 e. The first-order valence-corrected chi connectivity index (χ1v) is 5.69. The molecular weight excluding hydrogens is 297 g/mol. The summed E-state index contributed by atoms with van der Waals surface area (Å²) in [4.78, 5) is 0. The number of halogens is 1. The molecule has 0 radical (unpaired) electrons. The van der Waals surface area contributed by atoms with Crippen molar-refractivity contribution < 1.29 is 33.2 Å². The Morgan fingerprint density at radius 3 is 2.54 bits per heavy atom. The van der Waals surface area contributed by atoms with E-state index in [9.17, 15) is 0 Å². The van der Waals surface area contributed by atoms with Crippen LogP contribution in [0.5, 0.6) is 0 Å². The summed E-state index contributed by atoms with van der Waals surface area (Å²) >= 11 is 2.01. The van der Waals surface area contributed by atoms with Gasteiger partial charge >= 0.3 is 0 Å². The number of hydrogen-bond donors (Lipinski definition) is 0. The average molecular weight is 313 g/mol. The van der Waals surface area contributed by atoms with Gasteiger partial charge in [-0.25, -0.2) is 0 Å². The van der Waals surface area contributed by atoms with Gasteiger partial charge < -0.3 is 28.7 Å². The van der Waals surface area contributed by atoms with Gasteiger partial charge in [0.1, 0.15) is 18.8 Å². The summed E-state index contributed by atoms with van der Waals surface area (Å²) in [5.41, 5.74) is 1.41. The lowest BCUT2D eigenvalue weighted by Gasteiger charge is -2.44. The second-order valence-electron chi connectivity index (χ2n) is 3.55. The molecule has 76 valence electrons. The maximum absolute atomic E-state index is 5.38. The van der Waals surface area contributed by atoms with Gasteiger partial charge in [0, 0.05) is 5.75 Å². The van der Waals surface area contributed by atoms with Gasteiger partial charge in [0.2, 0.25) is 0 Å². The molecule has 0 N–H and O–H groups in total. The summed E-state index contributed by atoms with van der Waals surface area (Å²) in [5.74, 6) is 2.44. The highest BCUT2D eigenvalue weighted by molar-refractivity contribution is 7.99. The fourth-order valence-corrected chi connectivity index (χ4v) is 3.09. The number of ether oxygens (including phenoxy) is 1. The van der Waals surface area contributed by atoms with Crippen LogP contribution in [0.1, 0.15) is 0 Å². The molecule has 0 unspecified atom stereocenters. The Kier molecular flexibility index (Phi) is 4.54. The van der Waals surface area contributed by atoms with Gasteiger partial charge in [0.15, 0.2) is 0 Å². The molecule has 0 aromatic carbocycles. The van der Waals surface area contributed by atoms with Crippen molar-refractivity contribution >= 4 is 11.8 Å². The van der Waals surface area contributed by atoms with Crippen molar-refractivity contribution in [3.63, 3.8) is 0 Å². The zero-order valence-electron chi connectivity index (χ0n) is 7.80. The van der Waals surface area contributed by atoms with Gasteiger partial charge in [-0.2, -0.15) is 0 Å². The SMILES string of the molecule is C=C1CSCC[N+]12CCOCC2.[I-]. The molecule has 0 aromatic heterocycles. The van der Waals surface area contributed by atoms with E-state index in [-0.39, 0.29) is 24.0 Å². The minimum Gasteiger partial charge on any atom is -1.00 e. The first-order chi connectivity index (χ1) is 5.83. The van der Waals surface area contributed by atoms with Gasteiger partial charge in [-0.15, -0.1) is 11.8 Å². The van der Waals surface area contributed by atoms with Crippen LogP contribution < -0.4 is 24.0 Å². The van der Waals surface area contributed by atoms with Crippen molar-refractivity contribution in [2.24, 2.45) is 0 Å². The van der Waals surface area contributed by atoms with Crippen LogP contribution >= 0.6 is 11.8 Å². The number of thioether (sulfide) groups is 1. The predicted octanol–water partition coefficient (Wildman–Crippen LogP) is -1.90. The second-order valence-corrected chi connectivity index (χ2v) is 4.65. The number of nitrogens with zero attached hydrogens (tertiary/aromatic N) is 1. The Labute approximate surface area is 101 Å². The molecule has 0 atom stereocenters. The van der Waals surface area contributed by atoms with Crippen molar-refractivity contribution in [3.8, 4) is 0 Å². The van der Waals surface area contributed by atoms with Crippen molar-refractivity contribution in [3.05, 3.63) is 12.3 Å². The third-order valence-electron chi connectivity index (χ3n) is 2.93. The summed E-state index contributed by atoms with van der Waals surface area (Å²) in [6.07, 6.45) is 0. The molecule has 0 aliphatic carbocycles. The molecular formula is C9H16INOS. The number of quaternary nitrogens is 1. The molecule has 2 rings (SSSR count). The molecule has 0 amide bonds. The van der Waals surface area contributed by atoms with E-state index < -0.39 is 0 Å². The first-order valence-electron chi connectivity index (χ1n) is 4.53. The first kappa shape index (κ1) is 11.8. The number of morpholine rings is 1. The summed E-state index contributed by atoms with van der Waals surface area (Å²) in [5, 5.41) is 0. The van der Waals surface area contributed by atoms with Crippen molar-refractivity contribution in [2.45, 2.75) is 0 Å². The Bertz CT molecular complexity index is 184. The third kappa shape index (κ3) is 2.40. The normalized spacial score (nSPS) is 26.9. The zero-order valence-corrected chi connectivity index (χ0v) is 10.8.